The lowest BCUT2D eigenvalue weighted by molar-refractivity contribution is 0.0881. The van der Waals surface area contributed by atoms with Crippen molar-refractivity contribution in [2.45, 2.75) is 31.5 Å². The minimum atomic E-state index is -0.249. The standard InChI is InChI=1S/C13H16N6O/c14-18-16-12-6-11(7-13(12)17-19-15)9-20-8-10-4-2-1-3-5-10/h1-5,11-13H,6-9H2/t12-,13-/m1/s1. The van der Waals surface area contributed by atoms with Crippen LogP contribution in [-0.2, 0) is 11.3 Å². The van der Waals surface area contributed by atoms with Crippen LogP contribution < -0.4 is 0 Å². The lowest BCUT2D eigenvalue weighted by Crippen LogP contribution is -2.12. The van der Waals surface area contributed by atoms with Gasteiger partial charge in [-0.25, -0.2) is 0 Å². The van der Waals surface area contributed by atoms with Crippen molar-refractivity contribution in [1.82, 2.24) is 0 Å². The largest absolute Gasteiger partial charge is 0.376 e. The molecule has 0 aliphatic heterocycles. The Balaban J connectivity index is 1.82. The molecule has 0 spiro atoms. The summed E-state index contributed by atoms with van der Waals surface area (Å²) in [6.07, 6.45) is 1.42. The summed E-state index contributed by atoms with van der Waals surface area (Å²) in [5.74, 6) is 0.268. The van der Waals surface area contributed by atoms with Crippen LogP contribution in [0.5, 0.6) is 0 Å². The summed E-state index contributed by atoms with van der Waals surface area (Å²) in [6.45, 7) is 1.15. The van der Waals surface area contributed by atoms with E-state index in [2.05, 4.69) is 20.1 Å². The molecule has 104 valence electrons. The van der Waals surface area contributed by atoms with Gasteiger partial charge in [0.25, 0.3) is 0 Å². The third kappa shape index (κ3) is 3.90. The number of ether oxygens (including phenoxy) is 1. The molecule has 7 nitrogen and oxygen atoms in total. The predicted octanol–water partition coefficient (Wildman–Crippen LogP) is 3.97. The second-order valence-electron chi connectivity index (χ2n) is 4.88. The van der Waals surface area contributed by atoms with Crippen LogP contribution in [0, 0.1) is 5.92 Å². The van der Waals surface area contributed by atoms with E-state index in [4.69, 9.17) is 15.8 Å². The maximum absolute atomic E-state index is 8.52. The van der Waals surface area contributed by atoms with Crippen molar-refractivity contribution in [1.29, 1.82) is 0 Å². The molecular weight excluding hydrogens is 256 g/mol. The maximum Gasteiger partial charge on any atom is 0.0717 e. The normalized spacial score (nSPS) is 24.7. The van der Waals surface area contributed by atoms with E-state index in [9.17, 15) is 0 Å². The zero-order chi connectivity index (χ0) is 14.2. The Morgan fingerprint density at radius 3 is 2.20 bits per heavy atom. The van der Waals surface area contributed by atoms with Gasteiger partial charge in [0, 0.05) is 28.5 Å². The van der Waals surface area contributed by atoms with E-state index < -0.39 is 0 Å². The number of azide groups is 2. The minimum Gasteiger partial charge on any atom is -0.376 e. The minimum absolute atomic E-state index is 0.249. The van der Waals surface area contributed by atoms with Crippen molar-refractivity contribution in [2.75, 3.05) is 6.61 Å². The first-order valence-corrected chi connectivity index (χ1v) is 6.53. The van der Waals surface area contributed by atoms with Gasteiger partial charge in [-0.1, -0.05) is 40.6 Å². The average Bonchev–Trinajstić information content (AvgIpc) is 2.83. The summed E-state index contributed by atoms with van der Waals surface area (Å²) in [6, 6.07) is 9.45. The fourth-order valence-electron chi connectivity index (χ4n) is 2.53. The molecule has 0 heterocycles. The highest BCUT2D eigenvalue weighted by molar-refractivity contribution is 5.13. The van der Waals surface area contributed by atoms with E-state index in [0.717, 1.165) is 5.56 Å². The van der Waals surface area contributed by atoms with Gasteiger partial charge in [0.05, 0.1) is 6.61 Å². The number of nitrogens with zero attached hydrogens (tertiary/aromatic N) is 6. The van der Waals surface area contributed by atoms with E-state index in [1.165, 1.54) is 0 Å². The Morgan fingerprint density at radius 1 is 1.05 bits per heavy atom. The van der Waals surface area contributed by atoms with E-state index in [0.29, 0.717) is 26.1 Å². The molecule has 7 heteroatoms. The predicted molar refractivity (Wildman–Crippen MR) is 74.7 cm³/mol. The van der Waals surface area contributed by atoms with Crippen molar-refractivity contribution in [3.63, 3.8) is 0 Å². The molecule has 0 radical (unpaired) electrons. The monoisotopic (exact) mass is 272 g/mol. The first kappa shape index (κ1) is 14.2. The van der Waals surface area contributed by atoms with Gasteiger partial charge in [0.1, 0.15) is 0 Å². The summed E-state index contributed by atoms with van der Waals surface area (Å²) in [7, 11) is 0. The smallest absolute Gasteiger partial charge is 0.0717 e. The molecule has 1 aliphatic carbocycles. The van der Waals surface area contributed by atoms with Crippen molar-refractivity contribution < 1.29 is 4.74 Å². The molecule has 2 atom stereocenters. The van der Waals surface area contributed by atoms with E-state index in [1.807, 2.05) is 30.3 Å². The third-order valence-electron chi connectivity index (χ3n) is 3.46. The van der Waals surface area contributed by atoms with E-state index >= 15 is 0 Å². The highest BCUT2D eigenvalue weighted by Gasteiger charge is 2.32. The Morgan fingerprint density at radius 2 is 1.65 bits per heavy atom. The van der Waals surface area contributed by atoms with Gasteiger partial charge >= 0.3 is 0 Å². The van der Waals surface area contributed by atoms with Gasteiger partial charge in [-0.15, -0.1) is 0 Å². The summed E-state index contributed by atoms with van der Waals surface area (Å²) >= 11 is 0. The topological polar surface area (TPSA) is 107 Å². The lowest BCUT2D eigenvalue weighted by Gasteiger charge is -2.10. The highest BCUT2D eigenvalue weighted by Crippen LogP contribution is 2.31. The Hall–Kier alpha value is -2.20. The summed E-state index contributed by atoms with van der Waals surface area (Å²) in [5, 5.41) is 7.40. The molecule has 1 aliphatic rings. The third-order valence-corrected chi connectivity index (χ3v) is 3.46. The van der Waals surface area contributed by atoms with Gasteiger partial charge < -0.3 is 4.74 Å². The second-order valence-corrected chi connectivity index (χ2v) is 4.88. The van der Waals surface area contributed by atoms with Crippen molar-refractivity contribution in [2.24, 2.45) is 16.1 Å². The first-order chi connectivity index (χ1) is 9.83. The Kier molecular flexibility index (Phi) is 5.26. The van der Waals surface area contributed by atoms with Crippen LogP contribution in [0.15, 0.2) is 40.6 Å². The van der Waals surface area contributed by atoms with E-state index in [1.54, 1.807) is 0 Å². The van der Waals surface area contributed by atoms with Gasteiger partial charge in [-0.2, -0.15) is 0 Å². The molecule has 1 aromatic rings. The SMILES string of the molecule is [N-]=[N+]=N[C@@H]1CC(COCc2ccccc2)C[C@H]1N=[N+]=[N-]. The molecule has 0 unspecified atom stereocenters. The molecule has 0 N–H and O–H groups in total. The van der Waals surface area contributed by atoms with Crippen LogP contribution in [-0.4, -0.2) is 18.7 Å². The van der Waals surface area contributed by atoms with Gasteiger partial charge in [-0.3, -0.25) is 0 Å². The number of hydrogen-bond donors (Lipinski definition) is 0. The Labute approximate surface area is 116 Å². The molecule has 1 aromatic carbocycles. The highest BCUT2D eigenvalue weighted by atomic mass is 16.5. The second kappa shape index (κ2) is 7.40. The van der Waals surface area contributed by atoms with Crippen LogP contribution >= 0.6 is 0 Å². The molecule has 1 saturated carbocycles. The van der Waals surface area contributed by atoms with Gasteiger partial charge in [0.15, 0.2) is 0 Å². The lowest BCUT2D eigenvalue weighted by atomic mass is 10.1. The van der Waals surface area contributed by atoms with Gasteiger partial charge in [-0.05, 0) is 35.4 Å². The van der Waals surface area contributed by atoms with Crippen LogP contribution in [0.25, 0.3) is 20.9 Å². The average molecular weight is 272 g/mol. The van der Waals surface area contributed by atoms with Crippen LogP contribution in [0.3, 0.4) is 0 Å². The zero-order valence-electron chi connectivity index (χ0n) is 11.0. The number of rotatable bonds is 6. The quantitative estimate of drug-likeness (QED) is 0.436. The van der Waals surface area contributed by atoms with Crippen LogP contribution in [0.2, 0.25) is 0 Å². The van der Waals surface area contributed by atoms with Crippen LogP contribution in [0.4, 0.5) is 0 Å². The fourth-order valence-corrected chi connectivity index (χ4v) is 2.53. The molecule has 0 bridgehead atoms. The number of hydrogen-bond acceptors (Lipinski definition) is 3. The summed E-state index contributed by atoms with van der Waals surface area (Å²) in [4.78, 5) is 5.63. The Bertz CT molecular complexity index is 495. The molecular formula is C13H16N6O. The maximum atomic E-state index is 8.52. The fraction of sp³-hybridized carbons (Fsp3) is 0.538. The summed E-state index contributed by atoms with van der Waals surface area (Å²) < 4.78 is 5.69. The van der Waals surface area contributed by atoms with Crippen molar-refractivity contribution in [3.8, 4) is 0 Å². The van der Waals surface area contributed by atoms with Gasteiger partial charge in [0.2, 0.25) is 0 Å². The zero-order valence-corrected chi connectivity index (χ0v) is 11.0. The van der Waals surface area contributed by atoms with Crippen molar-refractivity contribution >= 4 is 0 Å². The molecule has 0 aromatic heterocycles. The first-order valence-electron chi connectivity index (χ1n) is 6.53. The van der Waals surface area contributed by atoms with Crippen LogP contribution in [0.1, 0.15) is 18.4 Å². The summed E-state index contributed by atoms with van der Waals surface area (Å²) in [5.41, 5.74) is 18.2. The molecule has 1 fully saturated rings. The molecule has 0 amide bonds. The molecule has 20 heavy (non-hydrogen) atoms. The van der Waals surface area contributed by atoms with Crippen molar-refractivity contribution in [3.05, 3.63) is 56.8 Å². The molecule has 2 rings (SSSR count). The van der Waals surface area contributed by atoms with E-state index in [-0.39, 0.29) is 18.0 Å². The number of benzene rings is 1. The molecule has 0 saturated heterocycles.